The molecule has 1 nitrogen and oxygen atoms in total. The lowest BCUT2D eigenvalue weighted by Crippen LogP contribution is -2.33. The predicted octanol–water partition coefficient (Wildman–Crippen LogP) is 5.47. The Labute approximate surface area is 162 Å². The predicted molar refractivity (Wildman–Crippen MR) is 99.8 cm³/mol. The van der Waals surface area contributed by atoms with Crippen molar-refractivity contribution in [2.75, 3.05) is 13.6 Å². The Balaban J connectivity index is 0.00000210. The first-order chi connectivity index (χ1) is 12.3. The lowest BCUT2D eigenvalue weighted by molar-refractivity contribution is -0.138. The zero-order chi connectivity index (χ0) is 18.5. The molecule has 2 aliphatic rings. The highest BCUT2D eigenvalue weighted by molar-refractivity contribution is 5.85. The van der Waals surface area contributed by atoms with Gasteiger partial charge in [0, 0.05) is 18.5 Å². The Bertz CT molecular complexity index is 820. The smallest absolute Gasteiger partial charge is 0.302 e. The molecule has 2 aromatic carbocycles. The molecule has 0 aromatic heterocycles. The van der Waals surface area contributed by atoms with E-state index in [9.17, 15) is 17.6 Å². The highest BCUT2D eigenvalue weighted by Crippen LogP contribution is 2.48. The summed E-state index contributed by atoms with van der Waals surface area (Å²) in [6.45, 7) is 0.749. The topological polar surface area (TPSA) is 3.24 Å². The van der Waals surface area contributed by atoms with E-state index in [2.05, 4.69) is 4.90 Å². The molecule has 0 saturated carbocycles. The van der Waals surface area contributed by atoms with Gasteiger partial charge in [-0.25, -0.2) is 4.39 Å². The van der Waals surface area contributed by atoms with Crippen LogP contribution >= 0.6 is 12.4 Å². The number of halogens is 5. The van der Waals surface area contributed by atoms with Crippen molar-refractivity contribution in [3.05, 3.63) is 70.5 Å². The Kier molecular flexibility index (Phi) is 5.55. The minimum Gasteiger partial charge on any atom is -0.302 e. The molecule has 1 saturated heterocycles. The van der Waals surface area contributed by atoms with E-state index in [1.54, 1.807) is 12.1 Å². The van der Waals surface area contributed by atoms with Crippen molar-refractivity contribution in [1.82, 2.24) is 4.90 Å². The summed E-state index contributed by atoms with van der Waals surface area (Å²) in [7, 11) is 2.02. The fourth-order valence-electron chi connectivity index (χ4n) is 4.92. The van der Waals surface area contributed by atoms with Crippen LogP contribution in [0.5, 0.6) is 0 Å². The van der Waals surface area contributed by atoms with Gasteiger partial charge in [-0.3, -0.25) is 0 Å². The minimum atomic E-state index is -4.30. The number of alkyl halides is 3. The van der Waals surface area contributed by atoms with E-state index in [0.717, 1.165) is 30.5 Å². The van der Waals surface area contributed by atoms with Gasteiger partial charge in [-0.1, -0.05) is 24.3 Å². The van der Waals surface area contributed by atoms with Gasteiger partial charge in [0.1, 0.15) is 5.82 Å². The molecule has 0 radical (unpaired) electrons. The monoisotopic (exact) mass is 399 g/mol. The minimum absolute atomic E-state index is 0. The third-order valence-electron chi connectivity index (χ3n) is 6.04. The summed E-state index contributed by atoms with van der Waals surface area (Å²) >= 11 is 0. The number of rotatable bonds is 2. The number of benzene rings is 2. The Hall–Kier alpha value is -1.59. The maximum absolute atomic E-state index is 13.5. The van der Waals surface area contributed by atoms with E-state index in [0.29, 0.717) is 17.9 Å². The van der Waals surface area contributed by atoms with Gasteiger partial charge in [0.15, 0.2) is 0 Å². The van der Waals surface area contributed by atoms with Crippen LogP contribution in [0.4, 0.5) is 17.6 Å². The molecule has 1 heterocycles. The molecule has 146 valence electrons. The molecule has 2 aromatic rings. The lowest BCUT2D eigenvalue weighted by atomic mass is 9.72. The van der Waals surface area contributed by atoms with Crippen LogP contribution in [0, 0.1) is 11.7 Å². The fraction of sp³-hybridized carbons (Fsp3) is 0.429. The third kappa shape index (κ3) is 3.72. The van der Waals surface area contributed by atoms with Crippen LogP contribution in [0.15, 0.2) is 42.5 Å². The first kappa shape index (κ1) is 20.2. The number of fused-ring (bicyclic) bond motifs is 3. The molecule has 0 spiro atoms. The number of likely N-dealkylation sites (tertiary alicyclic amines) is 1. The second-order valence-corrected chi connectivity index (χ2v) is 7.52. The van der Waals surface area contributed by atoms with Gasteiger partial charge in [0.05, 0.1) is 5.56 Å². The SMILES string of the molecule is CN1CC2c3cccc(C(F)(F)F)c3CCC2C1Cc1cccc(F)c1.Cl. The molecular formula is C21H22ClF4N. The maximum atomic E-state index is 13.5. The van der Waals surface area contributed by atoms with Gasteiger partial charge in [-0.05, 0) is 67.1 Å². The zero-order valence-corrected chi connectivity index (χ0v) is 15.8. The third-order valence-corrected chi connectivity index (χ3v) is 6.04. The number of likely N-dealkylation sites (N-methyl/N-ethyl adjacent to an activating group) is 1. The molecular weight excluding hydrogens is 378 g/mol. The summed E-state index contributed by atoms with van der Waals surface area (Å²) in [6, 6.07) is 11.4. The first-order valence-electron chi connectivity index (χ1n) is 8.98. The molecule has 27 heavy (non-hydrogen) atoms. The van der Waals surface area contributed by atoms with Crippen LogP contribution in [-0.2, 0) is 19.0 Å². The zero-order valence-electron chi connectivity index (χ0n) is 15.0. The van der Waals surface area contributed by atoms with Crippen LogP contribution in [0.1, 0.15) is 34.6 Å². The standard InChI is InChI=1S/C21H21F4N.ClH/c1-26-12-18-15-6-3-7-19(21(23,24)25)16(15)8-9-17(18)20(26)11-13-4-2-5-14(22)10-13;/h2-7,10,17-18,20H,8-9,11-12H2,1H3;1H. The quantitative estimate of drug-likeness (QED) is 0.605. The summed E-state index contributed by atoms with van der Waals surface area (Å²) in [4.78, 5) is 2.23. The summed E-state index contributed by atoms with van der Waals surface area (Å²) < 4.78 is 53.6. The highest BCUT2D eigenvalue weighted by Gasteiger charge is 2.45. The number of nitrogens with zero attached hydrogens (tertiary/aromatic N) is 1. The highest BCUT2D eigenvalue weighted by atomic mass is 35.5. The van der Waals surface area contributed by atoms with Crippen molar-refractivity contribution in [3.8, 4) is 0 Å². The van der Waals surface area contributed by atoms with Crippen LogP contribution in [0.3, 0.4) is 0 Å². The normalized spacial score (nSPS) is 24.9. The molecule has 3 atom stereocenters. The fourth-order valence-corrected chi connectivity index (χ4v) is 4.92. The van der Waals surface area contributed by atoms with Crippen LogP contribution in [0.2, 0.25) is 0 Å². The summed E-state index contributed by atoms with van der Waals surface area (Å²) in [5, 5.41) is 0. The molecule has 1 aliphatic carbocycles. The van der Waals surface area contributed by atoms with Gasteiger partial charge in [-0.15, -0.1) is 12.4 Å². The van der Waals surface area contributed by atoms with Gasteiger partial charge in [0.2, 0.25) is 0 Å². The van der Waals surface area contributed by atoms with E-state index in [1.807, 2.05) is 19.2 Å². The van der Waals surface area contributed by atoms with E-state index in [-0.39, 0.29) is 30.2 Å². The van der Waals surface area contributed by atoms with E-state index < -0.39 is 11.7 Å². The maximum Gasteiger partial charge on any atom is 0.416 e. The van der Waals surface area contributed by atoms with Gasteiger partial charge in [-0.2, -0.15) is 13.2 Å². The van der Waals surface area contributed by atoms with Crippen molar-refractivity contribution in [1.29, 1.82) is 0 Å². The van der Waals surface area contributed by atoms with Gasteiger partial charge >= 0.3 is 6.18 Å². The van der Waals surface area contributed by atoms with Crippen LogP contribution in [-0.4, -0.2) is 24.5 Å². The van der Waals surface area contributed by atoms with Crippen molar-refractivity contribution in [2.24, 2.45) is 5.92 Å². The largest absolute Gasteiger partial charge is 0.416 e. The first-order valence-corrected chi connectivity index (χ1v) is 8.98. The molecule has 0 bridgehead atoms. The average Bonchev–Trinajstić information content (AvgIpc) is 2.90. The van der Waals surface area contributed by atoms with Crippen LogP contribution < -0.4 is 0 Å². The molecule has 6 heteroatoms. The number of hydrogen-bond donors (Lipinski definition) is 0. The van der Waals surface area contributed by atoms with Crippen molar-refractivity contribution in [3.63, 3.8) is 0 Å². The van der Waals surface area contributed by atoms with E-state index >= 15 is 0 Å². The average molecular weight is 400 g/mol. The molecule has 4 rings (SSSR count). The molecule has 3 unspecified atom stereocenters. The second kappa shape index (κ2) is 7.44. The van der Waals surface area contributed by atoms with Gasteiger partial charge in [0.25, 0.3) is 0 Å². The van der Waals surface area contributed by atoms with E-state index in [1.165, 1.54) is 18.2 Å². The van der Waals surface area contributed by atoms with Crippen molar-refractivity contribution < 1.29 is 17.6 Å². The Morgan fingerprint density at radius 2 is 1.85 bits per heavy atom. The van der Waals surface area contributed by atoms with Crippen molar-refractivity contribution in [2.45, 2.75) is 37.4 Å². The van der Waals surface area contributed by atoms with Gasteiger partial charge < -0.3 is 4.90 Å². The second-order valence-electron chi connectivity index (χ2n) is 7.52. The van der Waals surface area contributed by atoms with Crippen LogP contribution in [0.25, 0.3) is 0 Å². The molecule has 0 amide bonds. The summed E-state index contributed by atoms with van der Waals surface area (Å²) in [5.41, 5.74) is 1.78. The number of hydrogen-bond acceptors (Lipinski definition) is 1. The van der Waals surface area contributed by atoms with Crippen molar-refractivity contribution >= 4 is 12.4 Å². The molecule has 1 fully saturated rings. The molecule has 1 aliphatic heterocycles. The Morgan fingerprint density at radius 3 is 2.56 bits per heavy atom. The summed E-state index contributed by atoms with van der Waals surface area (Å²) in [5.74, 6) is 0.173. The Morgan fingerprint density at radius 1 is 1.11 bits per heavy atom. The molecule has 0 N–H and O–H groups in total. The lowest BCUT2D eigenvalue weighted by Gasteiger charge is -2.33. The summed E-state index contributed by atoms with van der Waals surface area (Å²) in [6.07, 6.45) is -2.37. The van der Waals surface area contributed by atoms with E-state index in [4.69, 9.17) is 0 Å².